The van der Waals surface area contributed by atoms with Crippen molar-refractivity contribution in [1.29, 1.82) is 0 Å². The summed E-state index contributed by atoms with van der Waals surface area (Å²) in [5, 5.41) is 8.31. The van der Waals surface area contributed by atoms with Crippen molar-refractivity contribution in [3.63, 3.8) is 0 Å². The summed E-state index contributed by atoms with van der Waals surface area (Å²) in [4.78, 5) is 18.0. The van der Waals surface area contributed by atoms with Gasteiger partial charge in [-0.2, -0.15) is 5.10 Å². The van der Waals surface area contributed by atoms with Crippen LogP contribution in [0.3, 0.4) is 0 Å². The Balaban J connectivity index is 1.75. The maximum Gasteiger partial charge on any atom is 0.287 e. The molecule has 0 aliphatic carbocycles. The van der Waals surface area contributed by atoms with Crippen LogP contribution >= 0.6 is 11.6 Å². The number of halogens is 4. The van der Waals surface area contributed by atoms with Gasteiger partial charge in [-0.3, -0.25) is 14.0 Å². The standard InChI is InChI=1S/C24H17ClF3N5O/c1-32-11-15-10-17(7-8-18(15)31-32)33-12-14-4-9-19(30-23(28)22(26)27)29-21(14)20(24(33)34)13-2-5-16(25)6-3-13/h2-12,22-23H,1H3,(H,29,30). The van der Waals surface area contributed by atoms with Crippen molar-refractivity contribution >= 4 is 39.2 Å². The number of hydrogen-bond acceptors (Lipinski definition) is 4. The first-order valence-corrected chi connectivity index (χ1v) is 10.6. The summed E-state index contributed by atoms with van der Waals surface area (Å²) in [6.45, 7) is 0. The molecule has 0 radical (unpaired) electrons. The highest BCUT2D eigenvalue weighted by Gasteiger charge is 2.21. The average molecular weight is 484 g/mol. The van der Waals surface area contributed by atoms with E-state index in [1.165, 1.54) is 10.6 Å². The van der Waals surface area contributed by atoms with Crippen molar-refractivity contribution in [2.75, 3.05) is 5.32 Å². The van der Waals surface area contributed by atoms with Crippen LogP contribution in [0.1, 0.15) is 0 Å². The first kappa shape index (κ1) is 22.0. The van der Waals surface area contributed by atoms with Gasteiger partial charge >= 0.3 is 0 Å². The Labute approximate surface area is 196 Å². The van der Waals surface area contributed by atoms with Crippen LogP contribution in [0.15, 0.2) is 71.8 Å². The predicted octanol–water partition coefficient (Wildman–Crippen LogP) is 5.57. The molecule has 0 spiro atoms. The number of hydrogen-bond donors (Lipinski definition) is 1. The lowest BCUT2D eigenvalue weighted by Gasteiger charge is -2.15. The molecule has 172 valence electrons. The van der Waals surface area contributed by atoms with E-state index in [2.05, 4.69) is 10.1 Å². The normalized spacial score (nSPS) is 12.5. The van der Waals surface area contributed by atoms with Crippen molar-refractivity contribution in [3.8, 4) is 16.8 Å². The highest BCUT2D eigenvalue weighted by atomic mass is 35.5. The first-order valence-electron chi connectivity index (χ1n) is 10.2. The van der Waals surface area contributed by atoms with Gasteiger partial charge in [-0.05, 0) is 48.0 Å². The third-order valence-corrected chi connectivity index (χ3v) is 5.64. The number of benzene rings is 2. The molecule has 0 saturated heterocycles. The smallest absolute Gasteiger partial charge is 0.287 e. The van der Waals surface area contributed by atoms with E-state index < -0.39 is 12.7 Å². The van der Waals surface area contributed by atoms with Gasteiger partial charge in [0.2, 0.25) is 6.30 Å². The summed E-state index contributed by atoms with van der Waals surface area (Å²) in [6.07, 6.45) is -2.34. The van der Waals surface area contributed by atoms with Gasteiger partial charge in [0.25, 0.3) is 12.0 Å². The topological polar surface area (TPSA) is 64.7 Å². The van der Waals surface area contributed by atoms with Gasteiger partial charge < -0.3 is 5.32 Å². The monoisotopic (exact) mass is 483 g/mol. The van der Waals surface area contributed by atoms with Crippen LogP contribution < -0.4 is 10.9 Å². The number of rotatable bonds is 5. The molecule has 34 heavy (non-hydrogen) atoms. The number of alkyl halides is 3. The molecule has 10 heteroatoms. The van der Waals surface area contributed by atoms with Crippen LogP contribution in [0.2, 0.25) is 5.02 Å². The molecule has 5 aromatic rings. The number of pyridine rings is 2. The van der Waals surface area contributed by atoms with Gasteiger partial charge in [-0.15, -0.1) is 0 Å². The highest BCUT2D eigenvalue weighted by molar-refractivity contribution is 6.30. The Morgan fingerprint density at radius 1 is 0.971 bits per heavy atom. The number of nitrogens with one attached hydrogen (secondary N) is 1. The van der Waals surface area contributed by atoms with E-state index in [1.807, 2.05) is 30.7 Å². The molecule has 0 aliphatic heterocycles. The van der Waals surface area contributed by atoms with Crippen LogP contribution in [0.25, 0.3) is 38.6 Å². The molecule has 3 heterocycles. The highest BCUT2D eigenvalue weighted by Crippen LogP contribution is 2.28. The van der Waals surface area contributed by atoms with Gasteiger partial charge in [-0.1, -0.05) is 23.7 Å². The zero-order chi connectivity index (χ0) is 24.0. The van der Waals surface area contributed by atoms with Gasteiger partial charge in [-0.25, -0.2) is 18.2 Å². The minimum Gasteiger partial charge on any atom is -0.336 e. The summed E-state index contributed by atoms with van der Waals surface area (Å²) in [5.41, 5.74) is 2.04. The molecule has 0 saturated carbocycles. The zero-order valence-electron chi connectivity index (χ0n) is 17.7. The maximum atomic E-state index is 13.7. The summed E-state index contributed by atoms with van der Waals surface area (Å²) in [6, 6.07) is 15.1. The van der Waals surface area contributed by atoms with Crippen molar-refractivity contribution < 1.29 is 13.2 Å². The van der Waals surface area contributed by atoms with E-state index in [0.717, 1.165) is 10.9 Å². The molecule has 0 fully saturated rings. The molecule has 1 N–H and O–H groups in total. The first-order chi connectivity index (χ1) is 16.3. The fraction of sp³-hybridized carbons (Fsp3) is 0.125. The Bertz CT molecular complexity index is 1580. The van der Waals surface area contributed by atoms with E-state index in [-0.39, 0.29) is 22.5 Å². The molecule has 6 nitrogen and oxygen atoms in total. The average Bonchev–Trinajstić information content (AvgIpc) is 3.18. The van der Waals surface area contributed by atoms with Gasteiger partial charge in [0.1, 0.15) is 5.82 Å². The Hall–Kier alpha value is -3.85. The summed E-state index contributed by atoms with van der Waals surface area (Å²) < 4.78 is 42.1. The molecular formula is C24H17ClF3N5O. The summed E-state index contributed by atoms with van der Waals surface area (Å²) in [5.74, 6) is -0.107. The number of aryl methyl sites for hydroxylation is 1. The molecular weight excluding hydrogens is 467 g/mol. The number of fused-ring (bicyclic) bond motifs is 2. The van der Waals surface area contributed by atoms with E-state index >= 15 is 0 Å². The lowest BCUT2D eigenvalue weighted by atomic mass is 10.0. The fourth-order valence-electron chi connectivity index (χ4n) is 3.83. The Kier molecular flexibility index (Phi) is 5.49. The molecule has 0 amide bonds. The molecule has 2 aromatic carbocycles. The third kappa shape index (κ3) is 3.99. The van der Waals surface area contributed by atoms with Crippen molar-refractivity contribution in [1.82, 2.24) is 19.3 Å². The minimum atomic E-state index is -3.22. The van der Waals surface area contributed by atoms with Crippen LogP contribution in [-0.4, -0.2) is 32.1 Å². The quantitative estimate of drug-likeness (QED) is 0.332. The van der Waals surface area contributed by atoms with E-state index in [9.17, 15) is 18.0 Å². The second-order valence-electron chi connectivity index (χ2n) is 7.75. The second-order valence-corrected chi connectivity index (χ2v) is 8.18. The number of anilines is 1. The largest absolute Gasteiger partial charge is 0.336 e. The van der Waals surface area contributed by atoms with Crippen LogP contribution in [0.4, 0.5) is 19.0 Å². The second kappa shape index (κ2) is 8.49. The van der Waals surface area contributed by atoms with Crippen molar-refractivity contribution in [3.05, 3.63) is 82.4 Å². The lowest BCUT2D eigenvalue weighted by Crippen LogP contribution is -2.23. The van der Waals surface area contributed by atoms with Gasteiger partial charge in [0.15, 0.2) is 0 Å². The molecule has 0 bridgehead atoms. The number of nitrogens with zero attached hydrogens (tertiary/aromatic N) is 4. The van der Waals surface area contributed by atoms with Crippen molar-refractivity contribution in [2.45, 2.75) is 12.7 Å². The Morgan fingerprint density at radius 2 is 1.74 bits per heavy atom. The van der Waals surface area contributed by atoms with E-state index in [4.69, 9.17) is 11.6 Å². The van der Waals surface area contributed by atoms with Crippen LogP contribution in [0.5, 0.6) is 0 Å². The molecule has 1 atom stereocenters. The van der Waals surface area contributed by atoms with Crippen LogP contribution in [-0.2, 0) is 7.05 Å². The molecule has 3 aromatic heterocycles. The third-order valence-electron chi connectivity index (χ3n) is 5.38. The maximum absolute atomic E-state index is 13.7. The van der Waals surface area contributed by atoms with Crippen molar-refractivity contribution in [2.24, 2.45) is 7.05 Å². The fourth-order valence-corrected chi connectivity index (χ4v) is 3.96. The van der Waals surface area contributed by atoms with E-state index in [1.54, 1.807) is 47.3 Å². The molecule has 0 aliphatic rings. The summed E-state index contributed by atoms with van der Waals surface area (Å²) in [7, 11) is 1.81. The van der Waals surface area contributed by atoms with E-state index in [0.29, 0.717) is 21.7 Å². The molecule has 5 rings (SSSR count). The Morgan fingerprint density at radius 3 is 2.47 bits per heavy atom. The van der Waals surface area contributed by atoms with Gasteiger partial charge in [0.05, 0.1) is 16.6 Å². The number of aromatic nitrogens is 4. The molecule has 1 unspecified atom stereocenters. The van der Waals surface area contributed by atoms with Crippen LogP contribution in [0, 0.1) is 0 Å². The van der Waals surface area contributed by atoms with Gasteiger partial charge in [0, 0.05) is 40.9 Å². The zero-order valence-corrected chi connectivity index (χ0v) is 18.5. The summed E-state index contributed by atoms with van der Waals surface area (Å²) >= 11 is 6.02. The lowest BCUT2D eigenvalue weighted by molar-refractivity contribution is 0.0649. The predicted molar refractivity (Wildman–Crippen MR) is 127 cm³/mol. The SMILES string of the molecule is Cn1cc2cc(-n3cc4ccc(NC(F)C(F)F)nc4c(-c4ccc(Cl)cc4)c3=O)ccc2n1. The minimum absolute atomic E-state index is 0.107.